The van der Waals surface area contributed by atoms with E-state index in [1.54, 1.807) is 26.4 Å². The van der Waals surface area contributed by atoms with Gasteiger partial charge in [-0.05, 0) is 27.2 Å². The van der Waals surface area contributed by atoms with Crippen molar-refractivity contribution in [1.82, 2.24) is 5.32 Å². The molecule has 0 saturated heterocycles. The van der Waals surface area contributed by atoms with E-state index in [9.17, 15) is 4.79 Å². The molecule has 0 bridgehead atoms. The molecule has 0 aliphatic carbocycles. The second kappa shape index (κ2) is 8.72. The molecule has 6 nitrogen and oxygen atoms in total. The Balaban J connectivity index is 2.43. The van der Waals surface area contributed by atoms with Crippen molar-refractivity contribution in [2.24, 2.45) is 0 Å². The summed E-state index contributed by atoms with van der Waals surface area (Å²) in [4.78, 5) is 11.5. The molecule has 0 atom stereocenters. The highest BCUT2D eigenvalue weighted by Gasteiger charge is 2.15. The first-order valence-electron chi connectivity index (χ1n) is 7.39. The molecule has 0 aliphatic rings. The molecular weight excluding hydrogens is 320 g/mol. The van der Waals surface area contributed by atoms with Crippen molar-refractivity contribution in [3.8, 4) is 11.5 Å². The van der Waals surface area contributed by atoms with Crippen LogP contribution in [0.4, 0.5) is 10.5 Å². The topological polar surface area (TPSA) is 68.8 Å². The van der Waals surface area contributed by atoms with Crippen LogP contribution in [0.15, 0.2) is 12.1 Å². The maximum Gasteiger partial charge on any atom is 0.407 e. The van der Waals surface area contributed by atoms with Gasteiger partial charge in [-0.15, -0.1) is 0 Å². The van der Waals surface area contributed by atoms with Crippen LogP contribution in [0.5, 0.6) is 11.5 Å². The number of hydrogen-bond donors (Lipinski definition) is 2. The van der Waals surface area contributed by atoms with Gasteiger partial charge in [0.05, 0.1) is 24.9 Å². The molecule has 23 heavy (non-hydrogen) atoms. The Bertz CT molecular complexity index is 530. The molecule has 1 amide bonds. The molecule has 0 heterocycles. The minimum Gasteiger partial charge on any atom is -0.495 e. The average molecular weight is 345 g/mol. The number of methoxy groups -OCH3 is 2. The van der Waals surface area contributed by atoms with Crippen molar-refractivity contribution in [2.75, 3.05) is 32.6 Å². The normalized spacial score (nSPS) is 10.9. The summed E-state index contributed by atoms with van der Waals surface area (Å²) in [5, 5.41) is 6.43. The molecule has 0 spiro atoms. The fourth-order valence-corrected chi connectivity index (χ4v) is 2.05. The van der Waals surface area contributed by atoms with E-state index in [0.29, 0.717) is 29.6 Å². The summed E-state index contributed by atoms with van der Waals surface area (Å²) in [6.07, 6.45) is 0.316. The lowest BCUT2D eigenvalue weighted by Crippen LogP contribution is -2.33. The highest BCUT2D eigenvalue weighted by molar-refractivity contribution is 6.32. The number of alkyl carbamates (subject to hydrolysis) is 1. The second-order valence-corrected chi connectivity index (χ2v) is 6.30. The van der Waals surface area contributed by atoms with E-state index in [4.69, 9.17) is 25.8 Å². The van der Waals surface area contributed by atoms with Crippen molar-refractivity contribution < 1.29 is 19.0 Å². The molecule has 2 N–H and O–H groups in total. The van der Waals surface area contributed by atoms with Gasteiger partial charge in [-0.3, -0.25) is 0 Å². The summed E-state index contributed by atoms with van der Waals surface area (Å²) in [7, 11) is 3.13. The van der Waals surface area contributed by atoms with E-state index in [0.717, 1.165) is 12.1 Å². The lowest BCUT2D eigenvalue weighted by molar-refractivity contribution is 0.0528. The van der Waals surface area contributed by atoms with Crippen LogP contribution < -0.4 is 20.1 Å². The molecule has 1 aromatic rings. The van der Waals surface area contributed by atoms with Gasteiger partial charge in [-0.1, -0.05) is 11.6 Å². The first kappa shape index (κ1) is 19.2. The van der Waals surface area contributed by atoms with E-state index < -0.39 is 11.7 Å². The van der Waals surface area contributed by atoms with Crippen LogP contribution in [-0.2, 0) is 4.74 Å². The summed E-state index contributed by atoms with van der Waals surface area (Å²) in [5.74, 6) is 1.21. The monoisotopic (exact) mass is 344 g/mol. The third kappa shape index (κ3) is 6.86. The van der Waals surface area contributed by atoms with E-state index in [1.165, 1.54) is 0 Å². The van der Waals surface area contributed by atoms with Crippen LogP contribution >= 0.6 is 11.6 Å². The zero-order valence-corrected chi connectivity index (χ0v) is 15.0. The highest BCUT2D eigenvalue weighted by Crippen LogP contribution is 2.35. The third-order valence-electron chi connectivity index (χ3n) is 2.81. The van der Waals surface area contributed by atoms with Crippen LogP contribution in [0.25, 0.3) is 0 Å². The van der Waals surface area contributed by atoms with Crippen LogP contribution in [0.3, 0.4) is 0 Å². The minimum absolute atomic E-state index is 0.414. The molecule has 0 unspecified atom stereocenters. The van der Waals surface area contributed by atoms with E-state index in [1.807, 2.05) is 20.8 Å². The van der Waals surface area contributed by atoms with E-state index >= 15 is 0 Å². The Hall–Kier alpha value is -1.82. The number of amides is 1. The lowest BCUT2D eigenvalue weighted by atomic mass is 10.2. The summed E-state index contributed by atoms with van der Waals surface area (Å²) in [6, 6.07) is 3.48. The Labute approximate surface area is 142 Å². The smallest absolute Gasteiger partial charge is 0.407 e. The number of hydrogen-bond acceptors (Lipinski definition) is 5. The van der Waals surface area contributed by atoms with Gasteiger partial charge in [0.15, 0.2) is 0 Å². The van der Waals surface area contributed by atoms with Gasteiger partial charge in [-0.25, -0.2) is 4.79 Å². The Kier molecular flexibility index (Phi) is 7.29. The molecule has 0 aliphatic heterocycles. The molecule has 0 fully saturated rings. The maximum atomic E-state index is 11.5. The summed E-state index contributed by atoms with van der Waals surface area (Å²) in [6.45, 7) is 6.64. The lowest BCUT2D eigenvalue weighted by Gasteiger charge is -2.19. The Morgan fingerprint density at radius 1 is 1.13 bits per heavy atom. The molecule has 130 valence electrons. The third-order valence-corrected chi connectivity index (χ3v) is 3.11. The number of rotatable bonds is 7. The number of anilines is 1. The zero-order valence-electron chi connectivity index (χ0n) is 14.3. The van der Waals surface area contributed by atoms with Crippen molar-refractivity contribution >= 4 is 23.4 Å². The Morgan fingerprint density at radius 2 is 1.78 bits per heavy atom. The number of carbonyl (C=O) groups is 1. The molecule has 0 saturated carbocycles. The Morgan fingerprint density at radius 3 is 2.35 bits per heavy atom. The zero-order chi connectivity index (χ0) is 17.5. The van der Waals surface area contributed by atoms with Crippen molar-refractivity contribution in [2.45, 2.75) is 32.8 Å². The minimum atomic E-state index is -0.491. The molecule has 1 aromatic carbocycles. The largest absolute Gasteiger partial charge is 0.495 e. The van der Waals surface area contributed by atoms with Crippen molar-refractivity contribution in [3.63, 3.8) is 0 Å². The van der Waals surface area contributed by atoms with Crippen LogP contribution in [0.2, 0.25) is 5.02 Å². The number of carbonyl (C=O) groups excluding carboxylic acids is 1. The van der Waals surface area contributed by atoms with Gasteiger partial charge in [0, 0.05) is 25.2 Å². The summed E-state index contributed by atoms with van der Waals surface area (Å²) in [5.41, 5.74) is 0.293. The van der Waals surface area contributed by atoms with Crippen LogP contribution in [-0.4, -0.2) is 39.0 Å². The average Bonchev–Trinajstić information content (AvgIpc) is 2.45. The molecule has 1 rings (SSSR count). The predicted octanol–water partition coefficient (Wildman–Crippen LogP) is 3.68. The first-order valence-corrected chi connectivity index (χ1v) is 7.77. The van der Waals surface area contributed by atoms with E-state index in [2.05, 4.69) is 10.6 Å². The van der Waals surface area contributed by atoms with Gasteiger partial charge in [0.2, 0.25) is 0 Å². The van der Waals surface area contributed by atoms with Crippen LogP contribution in [0.1, 0.15) is 27.2 Å². The second-order valence-electron chi connectivity index (χ2n) is 5.90. The number of halogens is 1. The van der Waals surface area contributed by atoms with Crippen molar-refractivity contribution in [3.05, 3.63) is 17.2 Å². The highest BCUT2D eigenvalue weighted by atomic mass is 35.5. The number of nitrogens with one attached hydrogen (secondary N) is 2. The molecule has 0 radical (unpaired) electrons. The fraction of sp³-hybridized carbons (Fsp3) is 0.562. The summed E-state index contributed by atoms with van der Waals surface area (Å²) >= 11 is 6.06. The quantitative estimate of drug-likeness (QED) is 0.738. The van der Waals surface area contributed by atoms with Gasteiger partial charge in [0.25, 0.3) is 0 Å². The maximum absolute atomic E-state index is 11.5. The number of benzene rings is 1. The first-order chi connectivity index (χ1) is 10.8. The van der Waals surface area contributed by atoms with Crippen molar-refractivity contribution in [1.29, 1.82) is 0 Å². The molecular formula is C16H25ClN2O4. The molecule has 0 aromatic heterocycles. The standard InChI is InChI=1S/C16H25ClN2O4/c1-16(2,3)23-15(20)19-8-6-7-18-12-10-13(21-4)11(17)9-14(12)22-5/h9-10,18H,6-8H2,1-5H3,(H,19,20). The van der Waals surface area contributed by atoms with Gasteiger partial charge in [0.1, 0.15) is 17.1 Å². The summed E-state index contributed by atoms with van der Waals surface area (Å²) < 4.78 is 15.6. The van der Waals surface area contributed by atoms with Crippen LogP contribution in [0, 0.1) is 0 Å². The van der Waals surface area contributed by atoms with Gasteiger partial charge >= 0.3 is 6.09 Å². The molecule has 7 heteroatoms. The SMILES string of the molecule is COc1cc(NCCCNC(=O)OC(C)(C)C)c(OC)cc1Cl. The van der Waals surface area contributed by atoms with Gasteiger partial charge < -0.3 is 24.8 Å². The van der Waals surface area contributed by atoms with Gasteiger partial charge in [-0.2, -0.15) is 0 Å². The number of ether oxygens (including phenoxy) is 3. The van der Waals surface area contributed by atoms with E-state index in [-0.39, 0.29) is 0 Å². The fourth-order valence-electron chi connectivity index (χ4n) is 1.81. The predicted molar refractivity (Wildman–Crippen MR) is 91.9 cm³/mol.